The van der Waals surface area contributed by atoms with Gasteiger partial charge in [0.25, 0.3) is 5.89 Å². The number of carboxylic acid groups (broad SMARTS) is 1. The Morgan fingerprint density at radius 1 is 0.707 bits per heavy atom. The summed E-state index contributed by atoms with van der Waals surface area (Å²) in [5.41, 5.74) is 3.47. The molecule has 5 aromatic carbocycles. The van der Waals surface area contributed by atoms with Crippen LogP contribution < -0.4 is 24.3 Å². The summed E-state index contributed by atoms with van der Waals surface area (Å²) in [6.07, 6.45) is -1.21. The SMILES string of the molecule is COc1ccc(OC(=O)N(CC(=O)O)[C@@H](C)c2ccc(OCc3noc(-c4ccccc4)n3)cc2)cc1.COc1ccc([C@H](C)NC(=O)OCc2ccccc2)cc1. The number of aromatic nitrogens is 2. The molecule has 0 aliphatic carbocycles. The zero-order valence-electron chi connectivity index (χ0n) is 32.4. The second kappa shape index (κ2) is 21.1. The topological polar surface area (TPSA) is 172 Å². The van der Waals surface area contributed by atoms with Gasteiger partial charge in [-0.15, -0.1) is 0 Å². The summed E-state index contributed by atoms with van der Waals surface area (Å²) in [5.74, 6) is 1.86. The maximum absolute atomic E-state index is 12.8. The monoisotopic (exact) mass is 788 g/mol. The first-order valence-electron chi connectivity index (χ1n) is 18.2. The molecule has 6 rings (SSSR count). The van der Waals surface area contributed by atoms with E-state index in [0.717, 1.165) is 27.3 Å². The van der Waals surface area contributed by atoms with Gasteiger partial charge in [0.15, 0.2) is 6.61 Å². The number of methoxy groups -OCH3 is 2. The Kier molecular flexibility index (Phi) is 15.2. The molecule has 0 bridgehead atoms. The highest BCUT2D eigenvalue weighted by Gasteiger charge is 2.26. The van der Waals surface area contributed by atoms with Crippen LogP contribution in [0.4, 0.5) is 9.59 Å². The fraction of sp³-hybridized carbons (Fsp3) is 0.205. The lowest BCUT2D eigenvalue weighted by Gasteiger charge is -2.27. The molecule has 2 atom stereocenters. The molecule has 0 fully saturated rings. The van der Waals surface area contributed by atoms with Crippen LogP contribution >= 0.6 is 0 Å². The first-order chi connectivity index (χ1) is 28.1. The number of carbonyl (C=O) groups excluding carboxylic acids is 2. The van der Waals surface area contributed by atoms with E-state index in [4.69, 9.17) is 28.2 Å². The van der Waals surface area contributed by atoms with Crippen LogP contribution in [0.2, 0.25) is 0 Å². The van der Waals surface area contributed by atoms with Crippen molar-refractivity contribution in [2.75, 3.05) is 20.8 Å². The second-order valence-corrected chi connectivity index (χ2v) is 12.7. The molecule has 0 aliphatic heterocycles. The van der Waals surface area contributed by atoms with Crippen molar-refractivity contribution in [1.29, 1.82) is 0 Å². The number of carboxylic acids is 1. The van der Waals surface area contributed by atoms with Crippen molar-refractivity contribution in [1.82, 2.24) is 20.4 Å². The van der Waals surface area contributed by atoms with E-state index < -0.39 is 30.7 Å². The lowest BCUT2D eigenvalue weighted by atomic mass is 10.1. The smallest absolute Gasteiger partial charge is 0.416 e. The normalized spacial score (nSPS) is 11.4. The molecule has 14 nitrogen and oxygen atoms in total. The van der Waals surface area contributed by atoms with E-state index in [1.807, 2.05) is 91.9 Å². The molecule has 14 heteroatoms. The van der Waals surface area contributed by atoms with Gasteiger partial charge in [-0.05, 0) is 91.2 Å². The number of hydrogen-bond donors (Lipinski definition) is 2. The van der Waals surface area contributed by atoms with E-state index in [0.29, 0.717) is 28.8 Å². The molecule has 6 aromatic rings. The summed E-state index contributed by atoms with van der Waals surface area (Å²) in [4.78, 5) is 41.5. The maximum Gasteiger partial charge on any atom is 0.416 e. The van der Waals surface area contributed by atoms with E-state index in [2.05, 4.69) is 15.5 Å². The van der Waals surface area contributed by atoms with Gasteiger partial charge >= 0.3 is 18.2 Å². The predicted octanol–water partition coefficient (Wildman–Crippen LogP) is 8.65. The lowest BCUT2D eigenvalue weighted by Crippen LogP contribution is -2.39. The number of hydrogen-bond acceptors (Lipinski definition) is 11. The average Bonchev–Trinajstić information content (AvgIpc) is 3.74. The minimum atomic E-state index is -1.16. The van der Waals surface area contributed by atoms with Crippen molar-refractivity contribution >= 4 is 18.2 Å². The summed E-state index contributed by atoms with van der Waals surface area (Å²) in [7, 11) is 3.15. The maximum atomic E-state index is 12.8. The summed E-state index contributed by atoms with van der Waals surface area (Å²) < 4.78 is 31.8. The lowest BCUT2D eigenvalue weighted by molar-refractivity contribution is -0.138. The number of aliphatic carboxylic acids is 1. The molecule has 0 saturated heterocycles. The van der Waals surface area contributed by atoms with Gasteiger partial charge in [-0.25, -0.2) is 9.59 Å². The van der Waals surface area contributed by atoms with Gasteiger partial charge < -0.3 is 38.6 Å². The third-order valence-corrected chi connectivity index (χ3v) is 8.65. The van der Waals surface area contributed by atoms with E-state index in [1.165, 1.54) is 7.11 Å². The molecule has 1 aromatic heterocycles. The van der Waals surface area contributed by atoms with Crippen LogP contribution in [0.1, 0.15) is 48.4 Å². The standard InChI is InChI=1S/C27H25N3O7.C17H19NO3/c1-18(30(16-25(31)32)27(33)36-23-14-12-21(34-2)13-15-23)19-8-10-22(11-9-19)35-17-24-28-26(37-29-24)20-6-4-3-5-7-20;1-13(15-8-10-16(20-2)11-9-15)18-17(19)21-12-14-6-4-3-5-7-14/h3-15,18H,16-17H2,1-2H3,(H,31,32);3-11,13H,12H2,1-2H3,(H,18,19)/t18-;13-/m00/s1. The van der Waals surface area contributed by atoms with Gasteiger partial charge in [-0.2, -0.15) is 4.98 Å². The quantitative estimate of drug-likeness (QED) is 0.102. The Morgan fingerprint density at radius 3 is 1.86 bits per heavy atom. The summed E-state index contributed by atoms with van der Waals surface area (Å²) >= 11 is 0. The van der Waals surface area contributed by atoms with E-state index in [9.17, 15) is 19.5 Å². The zero-order chi connectivity index (χ0) is 41.3. The summed E-state index contributed by atoms with van der Waals surface area (Å²) in [5, 5.41) is 16.1. The number of carbonyl (C=O) groups is 3. The van der Waals surface area contributed by atoms with Gasteiger partial charge in [0.05, 0.1) is 26.3 Å². The highest BCUT2D eigenvalue weighted by atomic mass is 16.6. The number of amides is 2. The van der Waals surface area contributed by atoms with Gasteiger partial charge in [0.1, 0.15) is 36.1 Å². The Hall–Kier alpha value is -7.35. The first kappa shape index (κ1) is 41.8. The van der Waals surface area contributed by atoms with Crippen LogP contribution in [0.3, 0.4) is 0 Å². The first-order valence-corrected chi connectivity index (χ1v) is 18.2. The summed E-state index contributed by atoms with van der Waals surface area (Å²) in [6.45, 7) is 3.46. The predicted molar refractivity (Wildman–Crippen MR) is 213 cm³/mol. The number of benzene rings is 5. The van der Waals surface area contributed by atoms with Crippen molar-refractivity contribution in [3.05, 3.63) is 156 Å². The zero-order valence-corrected chi connectivity index (χ0v) is 32.4. The third-order valence-electron chi connectivity index (χ3n) is 8.65. The molecule has 0 unspecified atom stereocenters. The van der Waals surface area contributed by atoms with Crippen LogP contribution in [0.15, 0.2) is 138 Å². The number of nitrogens with zero attached hydrogens (tertiary/aromatic N) is 3. The molecule has 1 heterocycles. The van der Waals surface area contributed by atoms with Crippen LogP contribution in [-0.2, 0) is 22.7 Å². The molecule has 2 amide bonds. The minimum absolute atomic E-state index is 0.102. The molecular weight excluding hydrogens is 745 g/mol. The molecule has 0 aliphatic rings. The van der Waals surface area contributed by atoms with Crippen molar-refractivity contribution in [2.24, 2.45) is 0 Å². The minimum Gasteiger partial charge on any atom is -0.497 e. The fourth-order valence-electron chi connectivity index (χ4n) is 5.41. The van der Waals surface area contributed by atoms with Gasteiger partial charge in [0, 0.05) is 5.56 Å². The fourth-order valence-corrected chi connectivity index (χ4v) is 5.41. The van der Waals surface area contributed by atoms with Crippen molar-refractivity contribution in [2.45, 2.75) is 39.1 Å². The molecule has 0 radical (unpaired) electrons. The van der Waals surface area contributed by atoms with Gasteiger partial charge in [0.2, 0.25) is 5.82 Å². The molecule has 2 N–H and O–H groups in total. The van der Waals surface area contributed by atoms with Crippen LogP contribution in [0.5, 0.6) is 23.0 Å². The molecule has 300 valence electrons. The largest absolute Gasteiger partial charge is 0.497 e. The van der Waals surface area contributed by atoms with Crippen LogP contribution in [0.25, 0.3) is 11.5 Å². The Morgan fingerprint density at radius 2 is 1.26 bits per heavy atom. The number of nitrogens with one attached hydrogen (secondary N) is 1. The van der Waals surface area contributed by atoms with Crippen LogP contribution in [0, 0.1) is 0 Å². The Balaban J connectivity index is 0.000000258. The molecule has 58 heavy (non-hydrogen) atoms. The molecule has 0 saturated carbocycles. The molecule has 0 spiro atoms. The van der Waals surface area contributed by atoms with E-state index >= 15 is 0 Å². The van der Waals surface area contributed by atoms with Crippen molar-refractivity contribution in [3.63, 3.8) is 0 Å². The van der Waals surface area contributed by atoms with E-state index in [-0.39, 0.29) is 25.0 Å². The summed E-state index contributed by atoms with van der Waals surface area (Å²) in [6, 6.07) is 39.2. The highest BCUT2D eigenvalue weighted by molar-refractivity contribution is 5.78. The van der Waals surface area contributed by atoms with E-state index in [1.54, 1.807) is 62.6 Å². The molecular formula is C44H44N4O10. The van der Waals surface area contributed by atoms with Crippen molar-refractivity contribution in [3.8, 4) is 34.5 Å². The van der Waals surface area contributed by atoms with Gasteiger partial charge in [-0.1, -0.05) is 78.0 Å². The number of ether oxygens (including phenoxy) is 5. The number of rotatable bonds is 15. The third kappa shape index (κ3) is 12.6. The van der Waals surface area contributed by atoms with Crippen molar-refractivity contribution < 1.29 is 47.7 Å². The Labute approximate surface area is 335 Å². The van der Waals surface area contributed by atoms with Crippen LogP contribution in [-0.4, -0.2) is 59.1 Å². The highest BCUT2D eigenvalue weighted by Crippen LogP contribution is 2.26. The van der Waals surface area contributed by atoms with Gasteiger partial charge in [-0.3, -0.25) is 9.69 Å². The Bertz CT molecular complexity index is 2180. The number of alkyl carbamates (subject to hydrolysis) is 1. The average molecular weight is 789 g/mol. The second-order valence-electron chi connectivity index (χ2n) is 12.7.